The molecule has 23 aromatic carbocycles. The molecule has 674 valence electrons. The Hall–Kier alpha value is -19.3. The fourth-order valence-corrected chi connectivity index (χ4v) is 24.2. The van der Waals surface area contributed by atoms with Crippen molar-refractivity contribution >= 4 is 153 Å². The van der Waals surface area contributed by atoms with Gasteiger partial charge in [-0.15, -0.1) is 0 Å². The van der Waals surface area contributed by atoms with E-state index in [-0.39, 0.29) is 0 Å². The molecule has 0 unspecified atom stereocenters. The molecule has 0 spiro atoms. The molecule has 0 saturated carbocycles. The van der Waals surface area contributed by atoms with Crippen molar-refractivity contribution in [2.24, 2.45) is 0 Å². The average molecular weight is 1840 g/mol. The van der Waals surface area contributed by atoms with Crippen molar-refractivity contribution in [3.63, 3.8) is 0 Å². The third kappa shape index (κ3) is 12.8. The van der Waals surface area contributed by atoms with Gasteiger partial charge in [0, 0.05) is 104 Å². The van der Waals surface area contributed by atoms with Gasteiger partial charge in [-0.1, -0.05) is 376 Å². The Morgan fingerprint density at radius 1 is 0.131 bits per heavy atom. The highest BCUT2D eigenvalue weighted by Gasteiger charge is 2.30. The van der Waals surface area contributed by atoms with Crippen LogP contribution in [0.4, 0.5) is 0 Å². The van der Waals surface area contributed by atoms with E-state index in [0.29, 0.717) is 0 Å². The number of rotatable bonds is 15. The number of benzene rings is 23. The Bertz CT molecular complexity index is 10500. The Kier molecular flexibility index (Phi) is 18.4. The van der Waals surface area contributed by atoms with E-state index in [9.17, 15) is 0 Å². The van der Waals surface area contributed by atoms with Crippen LogP contribution in [-0.4, -0.2) is 27.4 Å². The summed E-state index contributed by atoms with van der Waals surface area (Å²) in [5.41, 5.74) is 42.0. The minimum Gasteiger partial charge on any atom is -0.454 e. The number of furan rings is 1. The number of hydrogen-bond donors (Lipinski definition) is 0. The third-order valence-corrected chi connectivity index (χ3v) is 30.5. The number of nitrogens with zero attached hydrogens (tertiary/aromatic N) is 6. The Morgan fingerprint density at radius 2 is 0.441 bits per heavy atom. The summed E-state index contributed by atoms with van der Waals surface area (Å²) in [6.45, 7) is 0. The number of para-hydroxylation sites is 7. The van der Waals surface area contributed by atoms with E-state index in [2.05, 4.69) is 549 Å². The molecule has 0 amide bonds. The monoisotopic (exact) mass is 1840 g/mol. The molecule has 0 aliphatic carbocycles. The highest BCUT2D eigenvalue weighted by atomic mass is 16.3. The van der Waals surface area contributed by atoms with Gasteiger partial charge < -0.3 is 31.8 Å². The first-order valence-electron chi connectivity index (χ1n) is 49.9. The smallest absolute Gasteiger partial charge is 0.159 e. The van der Waals surface area contributed by atoms with Crippen LogP contribution in [0.2, 0.25) is 0 Å². The molecule has 0 fully saturated rings. The second-order valence-corrected chi connectivity index (χ2v) is 38.5. The molecule has 7 heteroatoms. The van der Waals surface area contributed by atoms with Gasteiger partial charge in [-0.2, -0.15) is 0 Å². The molecular formula is C138H86N6O. The van der Waals surface area contributed by atoms with Gasteiger partial charge in [0.05, 0.1) is 71.9 Å². The molecule has 30 aromatic rings. The summed E-state index contributed by atoms with van der Waals surface area (Å²) in [6, 6.07) is 193. The summed E-state index contributed by atoms with van der Waals surface area (Å²) in [4.78, 5) is 0. The molecule has 0 radical (unpaired) electrons. The lowest BCUT2D eigenvalue weighted by atomic mass is 9.89. The van der Waals surface area contributed by atoms with Crippen LogP contribution in [0.3, 0.4) is 0 Å². The van der Waals surface area contributed by atoms with Gasteiger partial charge in [0.1, 0.15) is 5.58 Å². The zero-order chi connectivity index (χ0) is 95.0. The van der Waals surface area contributed by atoms with Gasteiger partial charge in [-0.05, 0) is 246 Å². The number of hydrogen-bond acceptors (Lipinski definition) is 1. The zero-order valence-corrected chi connectivity index (χ0v) is 78.7. The fraction of sp³-hybridized carbons (Fsp3) is 0. The SMILES string of the molecule is c1ccc(-c2ccc(-c3cc(-c4ccc(-c5ccccc5)cc4-c4cccc(-n5c6ccccc6c6c5ccc5c7ccccc7n(-c7ccc(-c8ccccc8)cc7)c56)c4)cc(-n4c5ccccc5c5ccc6c(c7ccccc7n6-c6cccc7c6oc6cccc(-c8cccc(-n9c%10ccccc%10c%10ccc%11c(c%12ccccc%12n%11-c%11cc(-c%12ccccc%12)cc(-c%12ccccc%12)c%11)c%109)c8)c67)c54)c3)cc2)cc1. The first kappa shape index (κ1) is 81.6. The standard InChI is InChI=1S/C138H86N6O/c1-6-32-87(33-7-1)92-62-64-94(65-63-92)100-79-101(107-71-68-95(89-36-10-3-11-37-89)86-119(107)97-43-29-44-103(81-97)139-123-57-25-19-49-115(123)132-126(139)75-72-112-109-46-16-22-54-120(109)141(135(112)132)102-69-66-93(67-70-102)88-34-8-2-9-35-88)85-106(84-100)143-122-56-24-18-48-111(122)114-74-77-128-134(137(114)143)117-51-21-27-59-125(117)144(128)129-60-30-53-118-131-108(52-31-61-130(131)145-138(118)129)96-42-28-45-104(80-96)142-121-55-23-17-47-110(121)113-73-76-127-133(136(113)142)116-50-20-26-58-124(116)140(127)105-82-98(90-38-12-4-13-39-90)78-99(83-105)91-40-14-5-15-41-91/h1-86H. The molecule has 145 heavy (non-hydrogen) atoms. The van der Waals surface area contributed by atoms with Crippen LogP contribution < -0.4 is 0 Å². The van der Waals surface area contributed by atoms with Crippen LogP contribution in [0.5, 0.6) is 0 Å². The number of aromatic nitrogens is 6. The first-order chi connectivity index (χ1) is 71.9. The van der Waals surface area contributed by atoms with Crippen molar-refractivity contribution in [3.05, 3.63) is 522 Å². The Morgan fingerprint density at radius 3 is 0.924 bits per heavy atom. The summed E-state index contributed by atoms with van der Waals surface area (Å²) in [5, 5.41) is 16.3. The molecule has 0 aliphatic heterocycles. The lowest BCUT2D eigenvalue weighted by Gasteiger charge is -2.18. The van der Waals surface area contributed by atoms with Crippen LogP contribution in [0.15, 0.2) is 526 Å². The van der Waals surface area contributed by atoms with Crippen molar-refractivity contribution in [3.8, 4) is 134 Å². The lowest BCUT2D eigenvalue weighted by Crippen LogP contribution is -1.98. The maximum atomic E-state index is 7.50. The third-order valence-electron chi connectivity index (χ3n) is 30.5. The quantitative estimate of drug-likeness (QED) is 0.101. The van der Waals surface area contributed by atoms with Crippen LogP contribution >= 0.6 is 0 Å². The Balaban J connectivity index is 0.586. The molecule has 30 rings (SSSR count). The van der Waals surface area contributed by atoms with E-state index in [0.717, 1.165) is 200 Å². The van der Waals surface area contributed by atoms with E-state index in [4.69, 9.17) is 4.42 Å². The summed E-state index contributed by atoms with van der Waals surface area (Å²) in [6.07, 6.45) is 0. The lowest BCUT2D eigenvalue weighted by molar-refractivity contribution is 0.666. The van der Waals surface area contributed by atoms with Crippen LogP contribution in [0.25, 0.3) is 287 Å². The molecular weight excluding hydrogens is 1760 g/mol. The largest absolute Gasteiger partial charge is 0.454 e. The second-order valence-electron chi connectivity index (χ2n) is 38.5. The highest BCUT2D eigenvalue weighted by Crippen LogP contribution is 2.52. The summed E-state index contributed by atoms with van der Waals surface area (Å²) in [7, 11) is 0. The van der Waals surface area contributed by atoms with E-state index in [1.54, 1.807) is 0 Å². The van der Waals surface area contributed by atoms with E-state index < -0.39 is 0 Å². The van der Waals surface area contributed by atoms with Gasteiger partial charge in [0.15, 0.2) is 5.58 Å². The molecule has 0 N–H and O–H groups in total. The topological polar surface area (TPSA) is 42.7 Å². The molecule has 0 atom stereocenters. The van der Waals surface area contributed by atoms with Gasteiger partial charge in [0.25, 0.3) is 0 Å². The molecule has 7 nitrogen and oxygen atoms in total. The zero-order valence-electron chi connectivity index (χ0n) is 78.7. The maximum absolute atomic E-state index is 7.50. The maximum Gasteiger partial charge on any atom is 0.159 e. The first-order valence-corrected chi connectivity index (χ1v) is 49.9. The average Bonchev–Trinajstić information content (AvgIpc) is 1.55. The Labute approximate surface area is 834 Å². The normalized spacial score (nSPS) is 12.0. The van der Waals surface area contributed by atoms with Crippen molar-refractivity contribution < 1.29 is 4.42 Å². The van der Waals surface area contributed by atoms with E-state index >= 15 is 0 Å². The second kappa shape index (κ2) is 32.6. The van der Waals surface area contributed by atoms with Crippen LogP contribution in [0.1, 0.15) is 0 Å². The van der Waals surface area contributed by atoms with Crippen molar-refractivity contribution in [2.75, 3.05) is 0 Å². The molecule has 7 heterocycles. The highest BCUT2D eigenvalue weighted by molar-refractivity contribution is 6.30. The van der Waals surface area contributed by atoms with E-state index in [1.807, 2.05) is 0 Å². The minimum atomic E-state index is 0.809. The predicted octanol–water partition coefficient (Wildman–Crippen LogP) is 37.2. The van der Waals surface area contributed by atoms with Gasteiger partial charge >= 0.3 is 0 Å². The van der Waals surface area contributed by atoms with Gasteiger partial charge in [0.2, 0.25) is 0 Å². The molecule has 0 bridgehead atoms. The van der Waals surface area contributed by atoms with E-state index in [1.165, 1.54) is 87.3 Å². The van der Waals surface area contributed by atoms with Crippen LogP contribution in [-0.2, 0) is 0 Å². The molecule has 0 aliphatic rings. The van der Waals surface area contributed by atoms with Crippen molar-refractivity contribution in [2.45, 2.75) is 0 Å². The number of fused-ring (bicyclic) bond motifs is 24. The summed E-state index contributed by atoms with van der Waals surface area (Å²) >= 11 is 0. The summed E-state index contributed by atoms with van der Waals surface area (Å²) in [5.74, 6) is 0. The predicted molar refractivity (Wildman–Crippen MR) is 609 cm³/mol. The fourth-order valence-electron chi connectivity index (χ4n) is 24.2. The van der Waals surface area contributed by atoms with Crippen molar-refractivity contribution in [1.82, 2.24) is 27.4 Å². The summed E-state index contributed by atoms with van der Waals surface area (Å²) < 4.78 is 22.5. The van der Waals surface area contributed by atoms with Gasteiger partial charge in [-0.3, -0.25) is 0 Å². The van der Waals surface area contributed by atoms with Crippen molar-refractivity contribution in [1.29, 1.82) is 0 Å². The molecule has 0 saturated heterocycles. The minimum absolute atomic E-state index is 0.809. The van der Waals surface area contributed by atoms with Gasteiger partial charge in [-0.25, -0.2) is 0 Å². The molecule has 7 aromatic heterocycles. The van der Waals surface area contributed by atoms with Crippen LogP contribution in [0, 0.1) is 0 Å².